The number of carboxylic acids is 1. The zero-order chi connectivity index (χ0) is 31.5. The third-order valence-corrected chi connectivity index (χ3v) is 8.06. The molecule has 6 N–H and O–H groups in total. The van der Waals surface area contributed by atoms with Gasteiger partial charge in [-0.05, 0) is 54.9 Å². The quantitative estimate of drug-likeness (QED) is 0.201. The first-order valence-corrected chi connectivity index (χ1v) is 14.2. The summed E-state index contributed by atoms with van der Waals surface area (Å²) in [7, 11) is 0. The van der Waals surface area contributed by atoms with Crippen molar-refractivity contribution in [2.24, 2.45) is 5.41 Å². The minimum absolute atomic E-state index is 0.152. The van der Waals surface area contributed by atoms with Crippen LogP contribution < -0.4 is 26.0 Å². The SMILES string of the molecule is CC(=N)/C=C\Nc1cc(-c2ccccc2)ccc1[C@@H](Oc1cc(N2CCC3(CC2)CN[C@H](C(=O)O)C3)nc(N)n1)C(F)(F)F. The monoisotopic (exact) mass is 609 g/mol. The van der Waals surface area contributed by atoms with E-state index in [1.165, 1.54) is 24.4 Å². The Balaban J connectivity index is 1.41. The lowest BCUT2D eigenvalue weighted by atomic mass is 9.76. The number of nitrogen functional groups attached to an aromatic ring is 1. The first-order valence-electron chi connectivity index (χ1n) is 14.2. The van der Waals surface area contributed by atoms with Crippen molar-refractivity contribution in [3.05, 3.63) is 72.4 Å². The van der Waals surface area contributed by atoms with Gasteiger partial charge in [-0.1, -0.05) is 42.5 Å². The van der Waals surface area contributed by atoms with E-state index >= 15 is 0 Å². The van der Waals surface area contributed by atoms with E-state index in [0.717, 1.165) is 5.56 Å². The summed E-state index contributed by atoms with van der Waals surface area (Å²) in [6.07, 6.45) is -2.45. The molecule has 2 aliphatic heterocycles. The standard InChI is InChI=1S/C31H34F3N7O3/c1-19(35)9-12-37-23-15-21(20-5-3-2-4-6-20)7-8-22(23)27(31(32,33)34)44-26-16-25(39-29(36)40-26)41-13-10-30(11-14-41)17-24(28(42)43)38-18-30/h2-9,12,15-16,24,27,35,37-38H,10-11,13-14,17-18H2,1H3,(H,42,43)(H2,36,39,40)/b12-9-,35-19?/t24-,27+/m0/s1. The van der Waals surface area contributed by atoms with E-state index in [-0.39, 0.29) is 34.2 Å². The molecule has 0 aliphatic carbocycles. The van der Waals surface area contributed by atoms with E-state index in [1.54, 1.807) is 19.1 Å². The predicted octanol–water partition coefficient (Wildman–Crippen LogP) is 5.41. The third kappa shape index (κ3) is 7.10. The first-order chi connectivity index (χ1) is 20.9. The molecule has 3 aromatic rings. The maximum atomic E-state index is 14.6. The summed E-state index contributed by atoms with van der Waals surface area (Å²) >= 11 is 0. The molecule has 1 spiro atoms. The van der Waals surface area contributed by atoms with Crippen LogP contribution in [0.3, 0.4) is 0 Å². The summed E-state index contributed by atoms with van der Waals surface area (Å²) in [5.74, 6) is -1.09. The largest absolute Gasteiger partial charge is 0.480 e. The second-order valence-electron chi connectivity index (χ2n) is 11.3. The van der Waals surface area contributed by atoms with Gasteiger partial charge in [-0.3, -0.25) is 4.79 Å². The summed E-state index contributed by atoms with van der Waals surface area (Å²) in [4.78, 5) is 21.5. The predicted molar refractivity (Wildman–Crippen MR) is 162 cm³/mol. The van der Waals surface area contributed by atoms with Crippen molar-refractivity contribution in [2.45, 2.75) is 44.5 Å². The molecule has 0 amide bonds. The number of anilines is 3. The van der Waals surface area contributed by atoms with Crippen molar-refractivity contribution in [2.75, 3.05) is 35.6 Å². The van der Waals surface area contributed by atoms with Crippen LogP contribution in [0.1, 0.15) is 37.9 Å². The molecule has 2 saturated heterocycles. The van der Waals surface area contributed by atoms with E-state index in [2.05, 4.69) is 20.6 Å². The Hall–Kier alpha value is -4.65. The van der Waals surface area contributed by atoms with Crippen LogP contribution in [0.2, 0.25) is 0 Å². The Morgan fingerprint density at radius 1 is 1.18 bits per heavy atom. The highest BCUT2D eigenvalue weighted by Gasteiger charge is 2.46. The van der Waals surface area contributed by atoms with Crippen LogP contribution >= 0.6 is 0 Å². The average molecular weight is 610 g/mol. The molecule has 0 unspecified atom stereocenters. The molecule has 13 heteroatoms. The zero-order valence-corrected chi connectivity index (χ0v) is 24.1. The highest BCUT2D eigenvalue weighted by atomic mass is 19.4. The van der Waals surface area contributed by atoms with Gasteiger partial charge in [0.25, 0.3) is 0 Å². The van der Waals surface area contributed by atoms with Crippen LogP contribution in [-0.4, -0.2) is 58.6 Å². The number of aliphatic carboxylic acids is 1. The first kappa shape index (κ1) is 30.8. The molecule has 2 aliphatic rings. The number of allylic oxidation sites excluding steroid dienone is 1. The van der Waals surface area contributed by atoms with Crippen LogP contribution in [-0.2, 0) is 4.79 Å². The lowest BCUT2D eigenvalue weighted by Gasteiger charge is -2.39. The van der Waals surface area contributed by atoms with E-state index < -0.39 is 24.3 Å². The van der Waals surface area contributed by atoms with Crippen molar-refractivity contribution in [3.63, 3.8) is 0 Å². The van der Waals surface area contributed by atoms with Crippen molar-refractivity contribution >= 4 is 29.1 Å². The molecule has 5 rings (SSSR count). The number of benzene rings is 2. The van der Waals surface area contributed by atoms with E-state index in [0.29, 0.717) is 50.3 Å². The van der Waals surface area contributed by atoms with Gasteiger partial charge in [0.2, 0.25) is 17.9 Å². The number of nitrogens with two attached hydrogens (primary N) is 1. The van der Waals surface area contributed by atoms with Gasteiger partial charge in [0.15, 0.2) is 0 Å². The Morgan fingerprint density at radius 3 is 2.55 bits per heavy atom. The summed E-state index contributed by atoms with van der Waals surface area (Å²) < 4.78 is 49.4. The number of alkyl halides is 3. The van der Waals surface area contributed by atoms with Gasteiger partial charge in [-0.2, -0.15) is 23.1 Å². The van der Waals surface area contributed by atoms with Crippen LogP contribution in [0.25, 0.3) is 11.1 Å². The average Bonchev–Trinajstić information content (AvgIpc) is 3.39. The minimum atomic E-state index is -4.82. The van der Waals surface area contributed by atoms with Crippen LogP contribution in [0, 0.1) is 10.8 Å². The van der Waals surface area contributed by atoms with E-state index in [1.807, 2.05) is 35.2 Å². The summed E-state index contributed by atoms with van der Waals surface area (Å²) in [6, 6.07) is 14.6. The van der Waals surface area contributed by atoms with Crippen molar-refractivity contribution in [3.8, 4) is 17.0 Å². The number of nitrogens with one attached hydrogen (secondary N) is 3. The van der Waals surface area contributed by atoms with E-state index in [9.17, 15) is 23.1 Å². The molecule has 0 radical (unpaired) electrons. The Labute approximate surface area is 252 Å². The van der Waals surface area contributed by atoms with Gasteiger partial charge >= 0.3 is 12.1 Å². The maximum absolute atomic E-state index is 14.6. The van der Waals surface area contributed by atoms with Gasteiger partial charge in [-0.15, -0.1) is 0 Å². The molecule has 232 valence electrons. The maximum Gasteiger partial charge on any atom is 0.429 e. The van der Waals surface area contributed by atoms with Gasteiger partial charge < -0.3 is 36.5 Å². The number of nitrogens with zero attached hydrogens (tertiary/aromatic N) is 3. The van der Waals surface area contributed by atoms with Gasteiger partial charge in [0.1, 0.15) is 11.9 Å². The van der Waals surface area contributed by atoms with Crippen molar-refractivity contribution in [1.82, 2.24) is 15.3 Å². The lowest BCUT2D eigenvalue weighted by molar-refractivity contribution is -0.198. The molecular weight excluding hydrogens is 575 g/mol. The minimum Gasteiger partial charge on any atom is -0.480 e. The molecule has 2 fully saturated rings. The van der Waals surface area contributed by atoms with Gasteiger partial charge in [0.05, 0.1) is 0 Å². The highest BCUT2D eigenvalue weighted by molar-refractivity contribution is 5.90. The van der Waals surface area contributed by atoms with Gasteiger partial charge in [-0.25, -0.2) is 0 Å². The molecule has 2 atom stereocenters. The molecule has 1 aromatic heterocycles. The van der Waals surface area contributed by atoms with Crippen molar-refractivity contribution < 1.29 is 27.8 Å². The lowest BCUT2D eigenvalue weighted by Crippen LogP contribution is -2.41. The smallest absolute Gasteiger partial charge is 0.429 e. The topological polar surface area (TPSA) is 149 Å². The summed E-state index contributed by atoms with van der Waals surface area (Å²) in [5.41, 5.74) is 7.50. The molecular formula is C31H34F3N7O3. The normalized spacial score (nSPS) is 18.8. The third-order valence-electron chi connectivity index (χ3n) is 8.06. The number of aromatic nitrogens is 2. The van der Waals surface area contributed by atoms with Gasteiger partial charge in [0, 0.05) is 48.9 Å². The van der Waals surface area contributed by atoms with E-state index in [4.69, 9.17) is 15.9 Å². The number of ether oxygens (including phenoxy) is 1. The second-order valence-corrected chi connectivity index (χ2v) is 11.3. The summed E-state index contributed by atoms with van der Waals surface area (Å²) in [6.45, 7) is 3.21. The molecule has 2 aromatic carbocycles. The Bertz CT molecular complexity index is 1540. The summed E-state index contributed by atoms with van der Waals surface area (Å²) in [5, 5.41) is 23.0. The molecule has 44 heavy (non-hydrogen) atoms. The number of rotatable bonds is 9. The Kier molecular flexibility index (Phi) is 8.77. The number of halogens is 3. The molecule has 10 nitrogen and oxygen atoms in total. The fraction of sp³-hybridized carbons (Fsp3) is 0.355. The number of carboxylic acid groups (broad SMARTS) is 1. The van der Waals surface area contributed by atoms with Crippen LogP contribution in [0.5, 0.6) is 5.88 Å². The van der Waals surface area contributed by atoms with Crippen molar-refractivity contribution in [1.29, 1.82) is 5.41 Å². The highest BCUT2D eigenvalue weighted by Crippen LogP contribution is 2.43. The fourth-order valence-corrected chi connectivity index (χ4v) is 5.74. The number of hydrogen-bond acceptors (Lipinski definition) is 9. The van der Waals surface area contributed by atoms with Crippen LogP contribution in [0.15, 0.2) is 66.9 Å². The fourth-order valence-electron chi connectivity index (χ4n) is 5.74. The molecule has 0 saturated carbocycles. The molecule has 3 heterocycles. The van der Waals surface area contributed by atoms with Crippen LogP contribution in [0.4, 0.5) is 30.6 Å². The second kappa shape index (κ2) is 12.5. The number of carbonyl (C=O) groups is 1. The number of piperidine rings is 1. The Morgan fingerprint density at radius 2 is 1.91 bits per heavy atom. The number of hydrogen-bond donors (Lipinski definition) is 5. The molecule has 0 bridgehead atoms. The zero-order valence-electron chi connectivity index (χ0n) is 24.1.